The molecule has 6 heteroatoms. The summed E-state index contributed by atoms with van der Waals surface area (Å²) in [5.74, 6) is 0.949. The summed E-state index contributed by atoms with van der Waals surface area (Å²) in [5, 5.41) is 1.21. The van der Waals surface area contributed by atoms with Crippen LogP contribution in [0.3, 0.4) is 0 Å². The van der Waals surface area contributed by atoms with Crippen LogP contribution < -0.4 is 5.73 Å². The highest BCUT2D eigenvalue weighted by Crippen LogP contribution is 2.30. The number of benzene rings is 2. The Hall–Kier alpha value is -3.12. The number of para-hydroxylation sites is 1. The van der Waals surface area contributed by atoms with E-state index >= 15 is 0 Å². The molecule has 3 heterocycles. The molecule has 1 amide bonds. The predicted molar refractivity (Wildman–Crippen MR) is 125 cm³/mol. The van der Waals surface area contributed by atoms with Crippen molar-refractivity contribution in [2.24, 2.45) is 12.8 Å². The van der Waals surface area contributed by atoms with Gasteiger partial charge in [-0.1, -0.05) is 18.2 Å². The van der Waals surface area contributed by atoms with Gasteiger partial charge in [-0.3, -0.25) is 4.79 Å². The van der Waals surface area contributed by atoms with Crippen LogP contribution in [0.25, 0.3) is 33.5 Å². The summed E-state index contributed by atoms with van der Waals surface area (Å²) in [6.07, 6.45) is 1.92. The molecule has 0 spiro atoms. The monoisotopic (exact) mass is 415 g/mol. The Morgan fingerprint density at radius 1 is 1.13 bits per heavy atom. The SMILES string of the molecule is CCn1c(-c2nc3cc(C(=O)N4CC(N)CCC4C)ccc3n2C)cc2ccccc21. The highest BCUT2D eigenvalue weighted by atomic mass is 16.2. The molecule has 0 saturated carbocycles. The van der Waals surface area contributed by atoms with Crippen molar-refractivity contribution in [1.82, 2.24) is 19.0 Å². The van der Waals surface area contributed by atoms with Gasteiger partial charge in [-0.2, -0.15) is 0 Å². The topological polar surface area (TPSA) is 69.1 Å². The van der Waals surface area contributed by atoms with Crippen molar-refractivity contribution in [2.45, 2.75) is 45.3 Å². The average molecular weight is 416 g/mol. The number of rotatable bonds is 3. The third-order valence-electron chi connectivity index (χ3n) is 6.66. The molecule has 6 nitrogen and oxygen atoms in total. The van der Waals surface area contributed by atoms with E-state index in [9.17, 15) is 4.79 Å². The van der Waals surface area contributed by atoms with Gasteiger partial charge in [-0.05, 0) is 57.0 Å². The number of carbonyl (C=O) groups is 1. The number of carbonyl (C=O) groups excluding carboxylic acids is 1. The van der Waals surface area contributed by atoms with E-state index in [0.717, 1.165) is 41.9 Å². The van der Waals surface area contributed by atoms with Gasteiger partial charge >= 0.3 is 0 Å². The van der Waals surface area contributed by atoms with E-state index in [-0.39, 0.29) is 18.0 Å². The van der Waals surface area contributed by atoms with Crippen LogP contribution in [0.1, 0.15) is 37.0 Å². The zero-order valence-corrected chi connectivity index (χ0v) is 18.4. The second kappa shape index (κ2) is 7.54. The normalized spacial score (nSPS) is 19.4. The van der Waals surface area contributed by atoms with Crippen molar-refractivity contribution >= 4 is 27.8 Å². The lowest BCUT2D eigenvalue weighted by molar-refractivity contribution is 0.0613. The Kier molecular flexibility index (Phi) is 4.82. The van der Waals surface area contributed by atoms with Crippen molar-refractivity contribution < 1.29 is 4.79 Å². The summed E-state index contributed by atoms with van der Waals surface area (Å²) in [6, 6.07) is 16.7. The average Bonchev–Trinajstić information content (AvgIpc) is 3.31. The summed E-state index contributed by atoms with van der Waals surface area (Å²) in [4.78, 5) is 20.1. The number of aromatic nitrogens is 3. The molecule has 2 unspecified atom stereocenters. The first-order valence-electron chi connectivity index (χ1n) is 11.1. The van der Waals surface area contributed by atoms with E-state index in [1.165, 1.54) is 10.9 Å². The quantitative estimate of drug-likeness (QED) is 0.546. The minimum absolute atomic E-state index is 0.0411. The number of imidazole rings is 1. The summed E-state index contributed by atoms with van der Waals surface area (Å²) in [5.41, 5.74) is 11.0. The first-order chi connectivity index (χ1) is 15.0. The van der Waals surface area contributed by atoms with Crippen LogP contribution in [0.5, 0.6) is 0 Å². The second-order valence-corrected chi connectivity index (χ2v) is 8.67. The van der Waals surface area contributed by atoms with Gasteiger partial charge in [0.25, 0.3) is 5.91 Å². The van der Waals surface area contributed by atoms with E-state index < -0.39 is 0 Å². The van der Waals surface area contributed by atoms with E-state index in [2.05, 4.69) is 53.3 Å². The smallest absolute Gasteiger partial charge is 0.254 e. The van der Waals surface area contributed by atoms with Crippen LogP contribution in [-0.4, -0.2) is 43.6 Å². The maximum absolute atomic E-state index is 13.2. The van der Waals surface area contributed by atoms with E-state index in [0.29, 0.717) is 12.1 Å². The first-order valence-corrected chi connectivity index (χ1v) is 11.1. The minimum atomic E-state index is 0.0411. The summed E-state index contributed by atoms with van der Waals surface area (Å²) < 4.78 is 4.41. The molecular formula is C25H29N5O. The number of likely N-dealkylation sites (tertiary alicyclic amines) is 1. The van der Waals surface area contributed by atoms with Crippen LogP contribution in [0.4, 0.5) is 0 Å². The number of nitrogens with two attached hydrogens (primary N) is 1. The first kappa shape index (κ1) is 19.8. The number of hydrogen-bond donors (Lipinski definition) is 1. The van der Waals surface area contributed by atoms with Crippen molar-refractivity contribution in [3.63, 3.8) is 0 Å². The molecule has 5 rings (SSSR count). The third-order valence-corrected chi connectivity index (χ3v) is 6.66. The third kappa shape index (κ3) is 3.22. The number of piperidine rings is 1. The molecule has 4 aromatic rings. The van der Waals surface area contributed by atoms with Crippen molar-refractivity contribution in [3.05, 3.63) is 54.1 Å². The molecule has 31 heavy (non-hydrogen) atoms. The summed E-state index contributed by atoms with van der Waals surface area (Å²) >= 11 is 0. The summed E-state index contributed by atoms with van der Waals surface area (Å²) in [6.45, 7) is 5.73. The molecular weight excluding hydrogens is 386 g/mol. The maximum Gasteiger partial charge on any atom is 0.254 e. The molecule has 1 aliphatic heterocycles. The Balaban J connectivity index is 1.57. The van der Waals surface area contributed by atoms with Crippen LogP contribution in [0.15, 0.2) is 48.5 Å². The van der Waals surface area contributed by atoms with Crippen LogP contribution in [0, 0.1) is 0 Å². The lowest BCUT2D eigenvalue weighted by Gasteiger charge is -2.36. The van der Waals surface area contributed by atoms with Crippen LogP contribution in [-0.2, 0) is 13.6 Å². The highest BCUT2D eigenvalue weighted by molar-refractivity contribution is 5.98. The van der Waals surface area contributed by atoms with Crippen molar-refractivity contribution in [2.75, 3.05) is 6.54 Å². The molecule has 0 radical (unpaired) electrons. The van der Waals surface area contributed by atoms with Gasteiger partial charge in [0, 0.05) is 48.7 Å². The Morgan fingerprint density at radius 3 is 2.74 bits per heavy atom. The minimum Gasteiger partial charge on any atom is -0.338 e. The molecule has 1 aliphatic rings. The van der Waals surface area contributed by atoms with Gasteiger partial charge < -0.3 is 19.8 Å². The van der Waals surface area contributed by atoms with Crippen molar-refractivity contribution in [3.8, 4) is 11.5 Å². The van der Waals surface area contributed by atoms with Crippen LogP contribution in [0.2, 0.25) is 0 Å². The molecule has 1 saturated heterocycles. The molecule has 160 valence electrons. The number of fused-ring (bicyclic) bond motifs is 2. The summed E-state index contributed by atoms with van der Waals surface area (Å²) in [7, 11) is 2.04. The Labute approximate surface area is 182 Å². The predicted octanol–water partition coefficient (Wildman–Crippen LogP) is 4.17. The van der Waals surface area contributed by atoms with E-state index in [4.69, 9.17) is 10.7 Å². The van der Waals surface area contributed by atoms with E-state index in [1.807, 2.05) is 30.1 Å². The molecule has 0 bridgehead atoms. The fourth-order valence-corrected chi connectivity index (χ4v) is 4.88. The van der Waals surface area contributed by atoms with Gasteiger partial charge in [-0.25, -0.2) is 4.98 Å². The van der Waals surface area contributed by atoms with Crippen LogP contribution >= 0.6 is 0 Å². The maximum atomic E-state index is 13.2. The number of amides is 1. The molecule has 2 N–H and O–H groups in total. The lowest BCUT2D eigenvalue weighted by Crippen LogP contribution is -2.50. The van der Waals surface area contributed by atoms with Crippen molar-refractivity contribution in [1.29, 1.82) is 0 Å². The Bertz CT molecular complexity index is 1280. The molecule has 2 atom stereocenters. The van der Waals surface area contributed by atoms with Gasteiger partial charge in [0.05, 0.1) is 16.7 Å². The largest absolute Gasteiger partial charge is 0.338 e. The fraction of sp³-hybridized carbons (Fsp3) is 0.360. The fourth-order valence-electron chi connectivity index (χ4n) is 4.88. The van der Waals surface area contributed by atoms with E-state index in [1.54, 1.807) is 0 Å². The van der Waals surface area contributed by atoms with Gasteiger partial charge in [-0.15, -0.1) is 0 Å². The standard InChI is InChI=1S/C25H29N5O/c1-4-29-21-8-6-5-7-17(21)14-23(29)24-27-20-13-18(10-12-22(20)28(24)3)25(31)30-15-19(26)11-9-16(30)2/h5-8,10,12-14,16,19H,4,9,11,15,26H2,1-3H3. The van der Waals surface area contributed by atoms with Gasteiger partial charge in [0.15, 0.2) is 5.82 Å². The number of nitrogens with zero attached hydrogens (tertiary/aromatic N) is 4. The number of hydrogen-bond acceptors (Lipinski definition) is 3. The zero-order valence-electron chi connectivity index (χ0n) is 18.4. The lowest BCUT2D eigenvalue weighted by atomic mass is 9.99. The van der Waals surface area contributed by atoms with Gasteiger partial charge in [0.1, 0.15) is 0 Å². The highest BCUT2D eigenvalue weighted by Gasteiger charge is 2.28. The molecule has 2 aromatic carbocycles. The molecule has 1 fully saturated rings. The molecule has 0 aliphatic carbocycles. The molecule has 2 aromatic heterocycles. The second-order valence-electron chi connectivity index (χ2n) is 8.67. The number of aryl methyl sites for hydroxylation is 2. The Morgan fingerprint density at radius 2 is 1.94 bits per heavy atom. The zero-order chi connectivity index (χ0) is 21.7. The van der Waals surface area contributed by atoms with Gasteiger partial charge in [0.2, 0.25) is 0 Å².